The van der Waals surface area contributed by atoms with Crippen molar-refractivity contribution in [2.45, 2.75) is 44.3 Å². The number of hydrogen-bond donors (Lipinski definition) is 0. The van der Waals surface area contributed by atoms with E-state index in [0.29, 0.717) is 4.47 Å². The lowest BCUT2D eigenvalue weighted by Crippen LogP contribution is -2.38. The highest BCUT2D eigenvalue weighted by molar-refractivity contribution is 9.10. The fraction of sp³-hybridized carbons (Fsp3) is 0.474. The van der Waals surface area contributed by atoms with Gasteiger partial charge in [-0.1, -0.05) is 19.9 Å². The highest BCUT2D eigenvalue weighted by atomic mass is 79.9. The molecule has 2 unspecified atom stereocenters. The molecule has 3 aliphatic rings. The molecule has 5 heteroatoms. The minimum atomic E-state index is -0.343. The van der Waals surface area contributed by atoms with Gasteiger partial charge < -0.3 is 0 Å². The average molecular weight is 408 g/mol. The van der Waals surface area contributed by atoms with E-state index >= 15 is 0 Å². The van der Waals surface area contributed by atoms with Crippen LogP contribution in [0.5, 0.6) is 0 Å². The van der Waals surface area contributed by atoms with E-state index in [2.05, 4.69) is 15.9 Å². The third-order valence-corrected chi connectivity index (χ3v) is 7.29. The number of fused-ring (bicyclic) bond motifs is 1. The second-order valence-corrected chi connectivity index (χ2v) is 9.47. The van der Waals surface area contributed by atoms with Crippen LogP contribution in [0.15, 0.2) is 38.9 Å². The molecular weight excluding hydrogens is 389 g/mol. The summed E-state index contributed by atoms with van der Waals surface area (Å²) >= 11 is 5.17. The Labute approximate surface area is 154 Å². The van der Waals surface area contributed by atoms with E-state index in [9.17, 15) is 9.18 Å². The van der Waals surface area contributed by atoms with Crippen molar-refractivity contribution < 1.29 is 9.18 Å². The van der Waals surface area contributed by atoms with Crippen LogP contribution < -0.4 is 0 Å². The molecule has 1 saturated heterocycles. The SMILES string of the molecule is CC1(C)CCC2=C(C1=O)C(c1ccc(F)c(Br)c1)C1SCCC1=N2. The van der Waals surface area contributed by atoms with Gasteiger partial charge in [0.15, 0.2) is 5.78 Å². The number of rotatable bonds is 1. The van der Waals surface area contributed by atoms with Crippen molar-refractivity contribution >= 4 is 39.2 Å². The quantitative estimate of drug-likeness (QED) is 0.633. The molecule has 2 nitrogen and oxygen atoms in total. The Balaban J connectivity index is 1.89. The molecule has 0 N–H and O–H groups in total. The molecule has 2 aliphatic heterocycles. The predicted molar refractivity (Wildman–Crippen MR) is 100 cm³/mol. The zero-order valence-corrected chi connectivity index (χ0v) is 16.1. The molecule has 0 radical (unpaired) electrons. The number of ketones is 1. The van der Waals surface area contributed by atoms with Crippen LogP contribution in [0.2, 0.25) is 0 Å². The first-order valence-electron chi connectivity index (χ1n) is 8.30. The van der Waals surface area contributed by atoms with E-state index < -0.39 is 0 Å². The summed E-state index contributed by atoms with van der Waals surface area (Å²) in [5, 5.41) is 0.207. The lowest BCUT2D eigenvalue weighted by molar-refractivity contribution is -0.124. The van der Waals surface area contributed by atoms with E-state index in [1.165, 1.54) is 11.8 Å². The second-order valence-electron chi connectivity index (χ2n) is 7.37. The molecule has 1 aliphatic carbocycles. The largest absolute Gasteiger partial charge is 0.294 e. The Morgan fingerprint density at radius 3 is 2.88 bits per heavy atom. The van der Waals surface area contributed by atoms with Crippen LogP contribution in [-0.2, 0) is 4.79 Å². The van der Waals surface area contributed by atoms with E-state index in [1.54, 1.807) is 0 Å². The first kappa shape index (κ1) is 16.5. The summed E-state index contributed by atoms with van der Waals surface area (Å²) in [6.07, 6.45) is 2.69. The van der Waals surface area contributed by atoms with Gasteiger partial charge in [-0.05, 0) is 58.6 Å². The molecule has 1 aromatic rings. The number of halogens is 2. The van der Waals surface area contributed by atoms with Gasteiger partial charge >= 0.3 is 0 Å². The number of hydrogen-bond acceptors (Lipinski definition) is 3. The number of aliphatic imine (C=N–C) groups is 1. The Morgan fingerprint density at radius 1 is 1.33 bits per heavy atom. The van der Waals surface area contributed by atoms with Gasteiger partial charge in [-0.2, -0.15) is 11.8 Å². The molecule has 4 rings (SSSR count). The molecule has 1 fully saturated rings. The first-order valence-corrected chi connectivity index (χ1v) is 10.1. The Kier molecular flexibility index (Phi) is 4.00. The molecule has 0 aromatic heterocycles. The maximum absolute atomic E-state index is 13.7. The van der Waals surface area contributed by atoms with Crippen LogP contribution >= 0.6 is 27.7 Å². The van der Waals surface area contributed by atoms with Gasteiger partial charge in [-0.25, -0.2) is 4.39 Å². The maximum Gasteiger partial charge on any atom is 0.166 e. The van der Waals surface area contributed by atoms with E-state index in [-0.39, 0.29) is 28.2 Å². The van der Waals surface area contributed by atoms with Gasteiger partial charge in [0.25, 0.3) is 0 Å². The molecule has 1 aromatic carbocycles. The Hall–Kier alpha value is -0.940. The van der Waals surface area contributed by atoms with Gasteiger partial charge in [0.05, 0.1) is 9.72 Å². The van der Waals surface area contributed by atoms with Crippen molar-refractivity contribution in [1.29, 1.82) is 0 Å². The Morgan fingerprint density at radius 2 is 2.12 bits per heavy atom. The van der Waals surface area contributed by atoms with Crippen LogP contribution in [0, 0.1) is 11.2 Å². The summed E-state index contributed by atoms with van der Waals surface area (Å²) in [7, 11) is 0. The number of Topliss-reactive ketones (excluding diaryl/α,β-unsaturated/α-hetero) is 1. The standard InChI is InChI=1S/C19H19BrFNOS/c1-19(2)7-5-13-16(18(19)23)15(17-14(22-13)6-8-24-17)10-3-4-12(21)11(20)9-10/h3-4,9,15,17H,5-8H2,1-2H3. The van der Waals surface area contributed by atoms with Crippen LogP contribution in [-0.4, -0.2) is 22.5 Å². The van der Waals surface area contributed by atoms with Gasteiger partial charge in [0.2, 0.25) is 0 Å². The summed E-state index contributed by atoms with van der Waals surface area (Å²) in [5.74, 6) is 0.973. The minimum absolute atomic E-state index is 0.0102. The van der Waals surface area contributed by atoms with Crippen molar-refractivity contribution in [3.8, 4) is 0 Å². The normalized spacial score (nSPS) is 28.5. The molecule has 0 bridgehead atoms. The molecule has 0 spiro atoms. The summed E-state index contributed by atoms with van der Waals surface area (Å²) in [4.78, 5) is 18.0. The summed E-state index contributed by atoms with van der Waals surface area (Å²) in [6.45, 7) is 4.05. The Bertz CT molecular complexity index is 799. The van der Waals surface area contributed by atoms with Crippen LogP contribution in [0.25, 0.3) is 0 Å². The molecule has 126 valence electrons. The van der Waals surface area contributed by atoms with Crippen LogP contribution in [0.1, 0.15) is 44.6 Å². The van der Waals surface area contributed by atoms with E-state index in [0.717, 1.165) is 41.8 Å². The number of thioether (sulfide) groups is 1. The highest BCUT2D eigenvalue weighted by Gasteiger charge is 2.46. The summed E-state index contributed by atoms with van der Waals surface area (Å²) < 4.78 is 14.2. The van der Waals surface area contributed by atoms with Gasteiger partial charge in [-0.3, -0.25) is 9.79 Å². The molecule has 0 amide bonds. The highest BCUT2D eigenvalue weighted by Crippen LogP contribution is 2.50. The number of carbonyl (C=O) groups is 1. The lowest BCUT2D eigenvalue weighted by atomic mass is 9.68. The van der Waals surface area contributed by atoms with Crippen molar-refractivity contribution in [3.05, 3.63) is 45.3 Å². The smallest absolute Gasteiger partial charge is 0.166 e. The van der Waals surface area contributed by atoms with E-state index in [1.807, 2.05) is 37.7 Å². The minimum Gasteiger partial charge on any atom is -0.294 e. The molecular formula is C19H19BrFNOS. The molecule has 2 atom stereocenters. The van der Waals surface area contributed by atoms with Gasteiger partial charge in [0.1, 0.15) is 5.82 Å². The number of carbonyl (C=O) groups excluding carboxylic acids is 1. The third-order valence-electron chi connectivity index (χ3n) is 5.34. The maximum atomic E-state index is 13.7. The van der Waals surface area contributed by atoms with Crippen molar-refractivity contribution in [3.63, 3.8) is 0 Å². The first-order chi connectivity index (χ1) is 11.4. The van der Waals surface area contributed by atoms with Crippen LogP contribution in [0.3, 0.4) is 0 Å². The van der Waals surface area contributed by atoms with Crippen molar-refractivity contribution in [2.75, 3.05) is 5.75 Å². The third kappa shape index (κ3) is 2.51. The molecule has 2 heterocycles. The van der Waals surface area contributed by atoms with Crippen LogP contribution in [0.4, 0.5) is 4.39 Å². The fourth-order valence-corrected chi connectivity index (χ4v) is 5.75. The van der Waals surface area contributed by atoms with E-state index in [4.69, 9.17) is 4.99 Å². The fourth-order valence-electron chi connectivity index (χ4n) is 3.92. The van der Waals surface area contributed by atoms with Gasteiger partial charge in [0, 0.05) is 28.3 Å². The number of allylic oxidation sites excluding steroid dienone is 2. The predicted octanol–water partition coefficient (Wildman–Crippen LogP) is 5.28. The summed E-state index contributed by atoms with van der Waals surface area (Å²) in [6, 6.07) is 5.15. The molecule has 24 heavy (non-hydrogen) atoms. The zero-order chi connectivity index (χ0) is 17.1. The average Bonchev–Trinajstić information content (AvgIpc) is 3.00. The van der Waals surface area contributed by atoms with Gasteiger partial charge in [-0.15, -0.1) is 0 Å². The zero-order valence-electron chi connectivity index (χ0n) is 13.7. The van der Waals surface area contributed by atoms with Crippen molar-refractivity contribution in [1.82, 2.24) is 0 Å². The number of nitrogens with zero attached hydrogens (tertiary/aromatic N) is 1. The second kappa shape index (κ2) is 5.80. The lowest BCUT2D eigenvalue weighted by Gasteiger charge is -2.38. The topological polar surface area (TPSA) is 29.4 Å². The number of benzene rings is 1. The molecule has 0 saturated carbocycles. The summed E-state index contributed by atoms with van der Waals surface area (Å²) in [5.41, 5.74) is 3.71. The van der Waals surface area contributed by atoms with Crippen molar-refractivity contribution in [2.24, 2.45) is 10.4 Å². The monoisotopic (exact) mass is 407 g/mol.